The molecule has 0 N–H and O–H groups in total. The maximum atomic E-state index is 13.7. The predicted molar refractivity (Wildman–Crippen MR) is 136 cm³/mol. The average Bonchev–Trinajstić information content (AvgIpc) is 3.54. The summed E-state index contributed by atoms with van der Waals surface area (Å²) in [6, 6.07) is 22.7. The number of hydroxylamine groups is 2. The highest BCUT2D eigenvalue weighted by atomic mass is 16.8. The Bertz CT molecular complexity index is 1370. The third-order valence-corrected chi connectivity index (χ3v) is 6.38. The van der Waals surface area contributed by atoms with Gasteiger partial charge in [0.05, 0.1) is 11.3 Å². The van der Waals surface area contributed by atoms with Crippen molar-refractivity contribution in [2.24, 2.45) is 4.99 Å². The molecule has 0 spiro atoms. The van der Waals surface area contributed by atoms with E-state index in [0.717, 1.165) is 5.06 Å². The molecule has 0 radical (unpaired) electrons. The second-order valence-corrected chi connectivity index (χ2v) is 8.94. The first-order chi connectivity index (χ1) is 18.9. The Morgan fingerprint density at radius 2 is 1.64 bits per heavy atom. The molecule has 1 unspecified atom stereocenters. The fourth-order valence-electron chi connectivity index (χ4n) is 4.38. The summed E-state index contributed by atoms with van der Waals surface area (Å²) in [6.45, 7) is -0.199. The molecule has 1 amide bonds. The molecule has 0 aliphatic carbocycles. The van der Waals surface area contributed by atoms with Crippen molar-refractivity contribution in [3.63, 3.8) is 0 Å². The van der Waals surface area contributed by atoms with Gasteiger partial charge in [-0.15, -0.1) is 0 Å². The van der Waals surface area contributed by atoms with Gasteiger partial charge in [0.2, 0.25) is 0 Å². The second kappa shape index (κ2) is 10.8. The highest BCUT2D eigenvalue weighted by Gasteiger charge is 2.60. The highest BCUT2D eigenvalue weighted by Crippen LogP contribution is 2.38. The van der Waals surface area contributed by atoms with Gasteiger partial charge in [0.1, 0.15) is 6.61 Å². The summed E-state index contributed by atoms with van der Waals surface area (Å²) in [6.07, 6.45) is 0.294. The van der Waals surface area contributed by atoms with E-state index in [1.165, 1.54) is 30.5 Å². The highest BCUT2D eigenvalue weighted by molar-refractivity contribution is 5.94. The van der Waals surface area contributed by atoms with Crippen molar-refractivity contribution in [2.45, 2.75) is 30.7 Å². The third-order valence-electron chi connectivity index (χ3n) is 6.38. The van der Waals surface area contributed by atoms with Crippen LogP contribution in [0.4, 0.5) is 5.69 Å². The van der Waals surface area contributed by atoms with E-state index in [1.54, 1.807) is 24.3 Å². The van der Waals surface area contributed by atoms with Crippen LogP contribution in [0.5, 0.6) is 0 Å². The Morgan fingerprint density at radius 1 is 1.03 bits per heavy atom. The molecule has 2 heterocycles. The van der Waals surface area contributed by atoms with Crippen LogP contribution in [0.15, 0.2) is 89.9 Å². The van der Waals surface area contributed by atoms with Crippen molar-refractivity contribution < 1.29 is 33.6 Å². The minimum atomic E-state index is -2.10. The van der Waals surface area contributed by atoms with E-state index in [0.29, 0.717) is 16.7 Å². The van der Waals surface area contributed by atoms with Gasteiger partial charge in [-0.05, 0) is 28.8 Å². The zero-order valence-electron chi connectivity index (χ0n) is 20.5. The summed E-state index contributed by atoms with van der Waals surface area (Å²) < 4.78 is 11.4. The van der Waals surface area contributed by atoms with Gasteiger partial charge in [-0.3, -0.25) is 29.5 Å². The largest absolute Gasteiger partial charge is 0.448 e. The van der Waals surface area contributed by atoms with E-state index in [2.05, 4.69) is 4.99 Å². The number of nitro groups is 1. The molecule has 0 aromatic heterocycles. The van der Waals surface area contributed by atoms with Crippen molar-refractivity contribution in [1.29, 1.82) is 0 Å². The number of esters is 2. The summed E-state index contributed by atoms with van der Waals surface area (Å²) in [7, 11) is 0. The number of carbonyl (C=O) groups is 3. The average molecular weight is 530 g/mol. The molecule has 0 bridgehead atoms. The van der Waals surface area contributed by atoms with Crippen LogP contribution in [0.1, 0.15) is 35.6 Å². The number of cyclic esters (lactones) is 1. The molecule has 2 aliphatic rings. The van der Waals surface area contributed by atoms with Crippen LogP contribution < -0.4 is 0 Å². The van der Waals surface area contributed by atoms with Crippen molar-refractivity contribution >= 4 is 29.7 Å². The number of hydrogen-bond donors (Lipinski definition) is 0. The van der Waals surface area contributed by atoms with Crippen LogP contribution in [-0.2, 0) is 28.7 Å². The molecule has 2 fully saturated rings. The number of rotatable bonds is 8. The van der Waals surface area contributed by atoms with E-state index in [-0.39, 0.29) is 25.1 Å². The minimum absolute atomic E-state index is 0.0774. The van der Waals surface area contributed by atoms with Crippen molar-refractivity contribution in [3.8, 4) is 0 Å². The first-order valence-electron chi connectivity index (χ1n) is 12.1. The molecule has 5 rings (SSSR count). The maximum absolute atomic E-state index is 13.7. The van der Waals surface area contributed by atoms with E-state index >= 15 is 0 Å². The number of non-ortho nitro benzene ring substituents is 1. The zero-order chi connectivity index (χ0) is 27.4. The number of amides is 1. The van der Waals surface area contributed by atoms with Crippen LogP contribution in [0.25, 0.3) is 0 Å². The van der Waals surface area contributed by atoms with E-state index in [9.17, 15) is 24.5 Å². The van der Waals surface area contributed by atoms with E-state index in [1.807, 2.05) is 36.4 Å². The SMILES string of the molecule is O=C1CCC(C(=O)OC(c2ccccc2)c2ccccc2)(N2OC[C@H](N=Cc3ccc([N+](=O)[O-])cc3)C2=O)O1. The quantitative estimate of drug-likeness (QED) is 0.187. The number of aliphatic imine (C=N–C) groups is 1. The van der Waals surface area contributed by atoms with Gasteiger partial charge in [-0.25, -0.2) is 4.79 Å². The number of benzene rings is 3. The number of nitro benzene ring substituents is 1. The Labute approximate surface area is 222 Å². The molecule has 2 atom stereocenters. The standard InChI is InChI=1S/C28H23N3O8/c32-24-15-16-28(39-24,27(34)38-25(20-7-3-1-4-8-20)21-9-5-2-6-10-21)30-26(33)23(18-37-30)29-17-19-11-13-22(14-12-19)31(35)36/h1-14,17,23,25H,15-16,18H2/t23-,28?/m0/s1. The summed E-state index contributed by atoms with van der Waals surface area (Å²) >= 11 is 0. The first-order valence-corrected chi connectivity index (χ1v) is 12.1. The smallest absolute Gasteiger partial charge is 0.376 e. The summed E-state index contributed by atoms with van der Waals surface area (Å²) in [4.78, 5) is 59.4. The van der Waals surface area contributed by atoms with Gasteiger partial charge in [0, 0.05) is 24.8 Å². The van der Waals surface area contributed by atoms with Gasteiger partial charge in [-0.1, -0.05) is 60.7 Å². The Morgan fingerprint density at radius 3 is 2.18 bits per heavy atom. The minimum Gasteiger partial charge on any atom is -0.448 e. The number of nitrogens with zero attached hydrogens (tertiary/aromatic N) is 3. The lowest BCUT2D eigenvalue weighted by Crippen LogP contribution is -2.56. The van der Waals surface area contributed by atoms with Crippen LogP contribution >= 0.6 is 0 Å². The lowest BCUT2D eigenvalue weighted by Gasteiger charge is -2.33. The number of carbonyl (C=O) groups excluding carboxylic acids is 3. The molecule has 2 aliphatic heterocycles. The Kier molecular flexibility index (Phi) is 7.15. The fraction of sp³-hybridized carbons (Fsp3) is 0.214. The number of ether oxygens (including phenoxy) is 2. The van der Waals surface area contributed by atoms with Gasteiger partial charge in [-0.2, -0.15) is 5.06 Å². The van der Waals surface area contributed by atoms with E-state index < -0.39 is 40.6 Å². The summed E-state index contributed by atoms with van der Waals surface area (Å²) in [5.41, 5.74) is -0.270. The molecular formula is C28H23N3O8. The lowest BCUT2D eigenvalue weighted by atomic mass is 10.0. The normalized spacial score (nSPS) is 20.9. The zero-order valence-corrected chi connectivity index (χ0v) is 20.5. The molecule has 0 saturated carbocycles. The summed E-state index contributed by atoms with van der Waals surface area (Å²) in [5.74, 6) is -2.30. The van der Waals surface area contributed by atoms with Gasteiger partial charge < -0.3 is 9.47 Å². The van der Waals surface area contributed by atoms with Crippen LogP contribution in [0.3, 0.4) is 0 Å². The molecule has 3 aromatic carbocycles. The van der Waals surface area contributed by atoms with E-state index in [4.69, 9.17) is 14.3 Å². The monoisotopic (exact) mass is 529 g/mol. The first kappa shape index (κ1) is 25.7. The third kappa shape index (κ3) is 5.25. The van der Waals surface area contributed by atoms with Crippen molar-refractivity contribution in [3.05, 3.63) is 112 Å². The fourth-order valence-corrected chi connectivity index (χ4v) is 4.38. The topological polar surface area (TPSA) is 138 Å². The van der Waals surface area contributed by atoms with Gasteiger partial charge >= 0.3 is 17.7 Å². The van der Waals surface area contributed by atoms with Crippen molar-refractivity contribution in [1.82, 2.24) is 5.06 Å². The Balaban J connectivity index is 1.38. The van der Waals surface area contributed by atoms with Gasteiger partial charge in [0.15, 0.2) is 12.1 Å². The lowest BCUT2D eigenvalue weighted by molar-refractivity contribution is -0.384. The van der Waals surface area contributed by atoms with Crippen LogP contribution in [0.2, 0.25) is 0 Å². The predicted octanol–water partition coefficient (Wildman–Crippen LogP) is 3.52. The second-order valence-electron chi connectivity index (χ2n) is 8.94. The van der Waals surface area contributed by atoms with Crippen molar-refractivity contribution in [2.75, 3.05) is 6.61 Å². The van der Waals surface area contributed by atoms with Gasteiger partial charge in [0.25, 0.3) is 11.6 Å². The molecule has 2 saturated heterocycles. The summed E-state index contributed by atoms with van der Waals surface area (Å²) in [5, 5.41) is 11.6. The molecule has 39 heavy (non-hydrogen) atoms. The molecular weight excluding hydrogens is 506 g/mol. The van der Waals surface area contributed by atoms with Crippen LogP contribution in [0, 0.1) is 10.1 Å². The maximum Gasteiger partial charge on any atom is 0.376 e. The molecule has 11 heteroatoms. The molecule has 198 valence electrons. The van der Waals surface area contributed by atoms with Crippen LogP contribution in [-0.4, -0.2) is 52.4 Å². The molecule has 3 aromatic rings. The molecule has 11 nitrogen and oxygen atoms in total. The Hall–Kier alpha value is -4.90. The number of hydrogen-bond acceptors (Lipinski definition) is 9.